The second-order valence-corrected chi connectivity index (χ2v) is 5.45. The monoisotopic (exact) mass is 294 g/mol. The molecule has 2 aromatic heterocycles. The first kappa shape index (κ1) is 14.3. The topological polar surface area (TPSA) is 50.5 Å². The number of fused-ring (bicyclic) bond motifs is 1. The fourth-order valence-electron chi connectivity index (χ4n) is 2.52. The van der Waals surface area contributed by atoms with Crippen LogP contribution in [-0.4, -0.2) is 27.4 Å². The maximum atomic E-state index is 11.7. The smallest absolute Gasteiger partial charge is 0.168 e. The molecule has 0 N–H and O–H groups in total. The van der Waals surface area contributed by atoms with Crippen LogP contribution < -0.4 is 4.90 Å². The van der Waals surface area contributed by atoms with Gasteiger partial charge in [-0.05, 0) is 19.4 Å². The van der Waals surface area contributed by atoms with Crippen LogP contribution in [-0.2, 0) is 6.54 Å². The average Bonchev–Trinajstić information content (AvgIpc) is 2.91. The summed E-state index contributed by atoms with van der Waals surface area (Å²) in [6.07, 6.45) is 1.59. The average molecular weight is 294 g/mol. The van der Waals surface area contributed by atoms with E-state index in [-0.39, 0.29) is 5.78 Å². The van der Waals surface area contributed by atoms with Crippen molar-refractivity contribution < 1.29 is 4.79 Å². The molecule has 3 rings (SSSR count). The van der Waals surface area contributed by atoms with Gasteiger partial charge in [0.25, 0.3) is 0 Å². The summed E-state index contributed by atoms with van der Waals surface area (Å²) in [5.41, 5.74) is 3.25. The van der Waals surface area contributed by atoms with Crippen molar-refractivity contribution in [3.8, 4) is 0 Å². The minimum atomic E-state index is -0.0234. The summed E-state index contributed by atoms with van der Waals surface area (Å²) in [5.74, 6) is 0.892. The van der Waals surface area contributed by atoms with Gasteiger partial charge in [0.2, 0.25) is 0 Å². The summed E-state index contributed by atoms with van der Waals surface area (Å²) in [7, 11) is 2.01. The van der Waals surface area contributed by atoms with E-state index in [0.29, 0.717) is 11.2 Å². The van der Waals surface area contributed by atoms with Crippen LogP contribution in [0.15, 0.2) is 42.6 Å². The van der Waals surface area contributed by atoms with Crippen LogP contribution >= 0.6 is 0 Å². The number of aromatic nitrogens is 3. The minimum Gasteiger partial charge on any atom is -0.355 e. The van der Waals surface area contributed by atoms with Gasteiger partial charge in [-0.15, -0.1) is 0 Å². The lowest BCUT2D eigenvalue weighted by atomic mass is 10.2. The summed E-state index contributed by atoms with van der Waals surface area (Å²) in [6.45, 7) is 4.22. The van der Waals surface area contributed by atoms with Crippen molar-refractivity contribution in [1.82, 2.24) is 14.6 Å². The van der Waals surface area contributed by atoms with E-state index in [4.69, 9.17) is 0 Å². The highest BCUT2D eigenvalue weighted by molar-refractivity contribution is 5.99. The first-order valence-corrected chi connectivity index (χ1v) is 7.17. The molecule has 22 heavy (non-hydrogen) atoms. The Morgan fingerprint density at radius 3 is 2.68 bits per heavy atom. The van der Waals surface area contributed by atoms with E-state index in [9.17, 15) is 4.79 Å². The Labute approximate surface area is 129 Å². The molecule has 0 bridgehead atoms. The molecule has 0 aliphatic carbocycles. The number of Topliss-reactive ketones (excluding diaryl/α,β-unsaturated/α-hetero) is 1. The van der Waals surface area contributed by atoms with Crippen molar-refractivity contribution in [2.24, 2.45) is 0 Å². The van der Waals surface area contributed by atoms with Gasteiger partial charge in [0.05, 0.1) is 11.8 Å². The van der Waals surface area contributed by atoms with Gasteiger partial charge in [-0.3, -0.25) is 4.79 Å². The van der Waals surface area contributed by atoms with E-state index < -0.39 is 0 Å². The van der Waals surface area contributed by atoms with Crippen molar-refractivity contribution >= 4 is 17.2 Å². The fourth-order valence-corrected chi connectivity index (χ4v) is 2.52. The van der Waals surface area contributed by atoms with Crippen molar-refractivity contribution in [2.75, 3.05) is 11.9 Å². The molecule has 0 saturated carbocycles. The molecule has 0 spiro atoms. The van der Waals surface area contributed by atoms with Crippen LogP contribution in [0.4, 0.5) is 5.82 Å². The van der Waals surface area contributed by atoms with Gasteiger partial charge in [0.1, 0.15) is 5.82 Å². The third-order valence-corrected chi connectivity index (χ3v) is 3.61. The molecule has 0 radical (unpaired) electrons. The van der Waals surface area contributed by atoms with Gasteiger partial charge < -0.3 is 4.90 Å². The van der Waals surface area contributed by atoms with E-state index in [1.807, 2.05) is 38.2 Å². The van der Waals surface area contributed by atoms with Crippen molar-refractivity contribution in [1.29, 1.82) is 0 Å². The normalized spacial score (nSPS) is 10.9. The number of carbonyl (C=O) groups excluding carboxylic acids is 1. The Bertz CT molecular complexity index is 823. The van der Waals surface area contributed by atoms with Crippen LogP contribution in [0, 0.1) is 6.92 Å². The zero-order valence-corrected chi connectivity index (χ0v) is 12.9. The quantitative estimate of drug-likeness (QED) is 0.694. The third kappa shape index (κ3) is 2.57. The molecule has 0 atom stereocenters. The standard InChI is InChI=1S/C17H18N4O/c1-12-9-16(20(3)11-14-7-5-4-6-8-14)21-17(19-12)15(10-18-21)13(2)22/h4-10H,11H2,1-3H3. The van der Waals surface area contributed by atoms with Crippen LogP contribution in [0.25, 0.3) is 5.65 Å². The Balaban J connectivity index is 2.04. The van der Waals surface area contributed by atoms with Gasteiger partial charge in [-0.2, -0.15) is 9.61 Å². The Morgan fingerprint density at radius 1 is 1.27 bits per heavy atom. The van der Waals surface area contributed by atoms with Gasteiger partial charge in [0.15, 0.2) is 11.4 Å². The zero-order chi connectivity index (χ0) is 15.7. The molecule has 0 aliphatic rings. The largest absolute Gasteiger partial charge is 0.355 e. The zero-order valence-electron chi connectivity index (χ0n) is 12.9. The van der Waals surface area contributed by atoms with E-state index in [1.165, 1.54) is 12.5 Å². The summed E-state index contributed by atoms with van der Waals surface area (Å²) in [4.78, 5) is 18.3. The molecule has 1 aromatic carbocycles. The molecule has 0 amide bonds. The number of carbonyl (C=O) groups is 1. The second kappa shape index (κ2) is 5.60. The van der Waals surface area contributed by atoms with Crippen LogP contribution in [0.1, 0.15) is 28.5 Å². The molecule has 0 fully saturated rings. The molecule has 112 valence electrons. The summed E-state index contributed by atoms with van der Waals surface area (Å²) >= 11 is 0. The first-order chi connectivity index (χ1) is 10.6. The number of nitrogens with zero attached hydrogens (tertiary/aromatic N) is 4. The van der Waals surface area contributed by atoms with Gasteiger partial charge in [-0.1, -0.05) is 30.3 Å². The van der Waals surface area contributed by atoms with Crippen LogP contribution in [0.5, 0.6) is 0 Å². The second-order valence-electron chi connectivity index (χ2n) is 5.45. The highest BCUT2D eigenvalue weighted by Gasteiger charge is 2.15. The fraction of sp³-hybridized carbons (Fsp3) is 0.235. The molecule has 5 nitrogen and oxygen atoms in total. The number of aryl methyl sites for hydroxylation is 1. The van der Waals surface area contributed by atoms with Crippen molar-refractivity contribution in [3.63, 3.8) is 0 Å². The Morgan fingerprint density at radius 2 is 2.00 bits per heavy atom. The molecule has 5 heteroatoms. The highest BCUT2D eigenvalue weighted by atomic mass is 16.1. The van der Waals surface area contributed by atoms with Gasteiger partial charge in [0, 0.05) is 25.4 Å². The number of anilines is 1. The first-order valence-electron chi connectivity index (χ1n) is 7.17. The highest BCUT2D eigenvalue weighted by Crippen LogP contribution is 2.20. The Hall–Kier alpha value is -2.69. The Kier molecular flexibility index (Phi) is 3.63. The predicted octanol–water partition coefficient (Wildman–Crippen LogP) is 2.88. The molecular formula is C17H18N4O. The summed E-state index contributed by atoms with van der Waals surface area (Å²) < 4.78 is 1.73. The third-order valence-electron chi connectivity index (χ3n) is 3.61. The molecule has 0 saturated heterocycles. The summed E-state index contributed by atoms with van der Waals surface area (Å²) in [6, 6.07) is 12.2. The van der Waals surface area contributed by atoms with Gasteiger partial charge >= 0.3 is 0 Å². The number of benzene rings is 1. The van der Waals surface area contributed by atoms with Crippen molar-refractivity contribution in [2.45, 2.75) is 20.4 Å². The predicted molar refractivity (Wildman–Crippen MR) is 86.3 cm³/mol. The molecule has 0 aliphatic heterocycles. The number of hydrogen-bond acceptors (Lipinski definition) is 4. The van der Waals surface area contributed by atoms with Crippen LogP contribution in [0.3, 0.4) is 0 Å². The molecule has 2 heterocycles. The SMILES string of the molecule is CC(=O)c1cnn2c(N(C)Cc3ccccc3)cc(C)nc12. The van der Waals surface area contributed by atoms with Gasteiger partial charge in [-0.25, -0.2) is 4.98 Å². The maximum Gasteiger partial charge on any atom is 0.168 e. The van der Waals surface area contributed by atoms with E-state index in [0.717, 1.165) is 18.1 Å². The summed E-state index contributed by atoms with van der Waals surface area (Å²) in [5, 5.41) is 4.34. The van der Waals surface area contributed by atoms with Crippen molar-refractivity contribution in [3.05, 3.63) is 59.4 Å². The maximum absolute atomic E-state index is 11.7. The minimum absolute atomic E-state index is 0.0234. The van der Waals surface area contributed by atoms with E-state index in [1.54, 1.807) is 10.7 Å². The molecule has 0 unspecified atom stereocenters. The number of hydrogen-bond donors (Lipinski definition) is 0. The molecule has 3 aromatic rings. The van der Waals surface area contributed by atoms with E-state index in [2.05, 4.69) is 27.1 Å². The lowest BCUT2D eigenvalue weighted by molar-refractivity contribution is 0.101. The van der Waals surface area contributed by atoms with E-state index >= 15 is 0 Å². The molecular weight excluding hydrogens is 276 g/mol. The lowest BCUT2D eigenvalue weighted by Crippen LogP contribution is -2.20. The number of ketones is 1. The van der Waals surface area contributed by atoms with Crippen LogP contribution in [0.2, 0.25) is 0 Å². The number of rotatable bonds is 4. The lowest BCUT2D eigenvalue weighted by Gasteiger charge is -2.20.